The van der Waals surface area contributed by atoms with Crippen molar-refractivity contribution in [3.8, 4) is 0 Å². The van der Waals surface area contributed by atoms with E-state index in [1.807, 2.05) is 45.0 Å². The third kappa shape index (κ3) is 7.77. The van der Waals surface area contributed by atoms with E-state index in [-0.39, 0.29) is 0 Å². The molecule has 0 spiro atoms. The Balaban J connectivity index is 1.80. The molecule has 152 valence electrons. The zero-order chi connectivity index (χ0) is 19.9. The first-order valence-electron chi connectivity index (χ1n) is 9.88. The van der Waals surface area contributed by atoms with Crippen LogP contribution in [0.5, 0.6) is 0 Å². The summed E-state index contributed by atoms with van der Waals surface area (Å²) in [4.78, 5) is 11.6. The number of carbonyl (C=O) groups excluding carboxylic acids is 1. The van der Waals surface area contributed by atoms with E-state index < -0.39 is 23.4 Å². The number of aliphatic hydroxyl groups is 2. The number of anilines is 1. The maximum atomic E-state index is 11.6. The summed E-state index contributed by atoms with van der Waals surface area (Å²) in [5.74, 6) is 0. The van der Waals surface area contributed by atoms with Crippen molar-refractivity contribution >= 4 is 11.8 Å². The molecule has 0 aromatic heterocycles. The van der Waals surface area contributed by atoms with Crippen LogP contribution in [0, 0.1) is 0 Å². The molecule has 0 radical (unpaired) electrons. The normalized spacial score (nSPS) is 17.8. The van der Waals surface area contributed by atoms with E-state index >= 15 is 0 Å². The molecule has 1 saturated carbocycles. The van der Waals surface area contributed by atoms with Gasteiger partial charge < -0.3 is 25.6 Å². The Morgan fingerprint density at radius 1 is 1.26 bits per heavy atom. The molecule has 4 N–H and O–H groups in total. The smallest absolute Gasteiger partial charge is 0.407 e. The molecule has 6 heteroatoms. The molecule has 0 aliphatic heterocycles. The highest BCUT2D eigenvalue weighted by Crippen LogP contribution is 2.28. The molecule has 6 nitrogen and oxygen atoms in total. The summed E-state index contributed by atoms with van der Waals surface area (Å²) < 4.78 is 5.18. The lowest BCUT2D eigenvalue weighted by Gasteiger charge is -2.32. The third-order valence-corrected chi connectivity index (χ3v) is 4.76. The van der Waals surface area contributed by atoms with Gasteiger partial charge >= 0.3 is 6.09 Å². The fraction of sp³-hybridized carbons (Fsp3) is 0.667. The molecule has 0 bridgehead atoms. The molecule has 27 heavy (non-hydrogen) atoms. The van der Waals surface area contributed by atoms with Gasteiger partial charge in [-0.15, -0.1) is 0 Å². The Bertz CT molecular complexity index is 606. The highest BCUT2D eigenvalue weighted by atomic mass is 16.6. The molecule has 1 aromatic rings. The molecule has 1 aromatic carbocycles. The zero-order valence-corrected chi connectivity index (χ0v) is 16.8. The Kier molecular flexibility index (Phi) is 7.50. The molecule has 1 aliphatic carbocycles. The summed E-state index contributed by atoms with van der Waals surface area (Å²) in [5, 5.41) is 26.9. The molecule has 0 heterocycles. The van der Waals surface area contributed by atoms with Crippen LogP contribution in [0.1, 0.15) is 71.0 Å². The molecule has 1 amide bonds. The van der Waals surface area contributed by atoms with Crippen molar-refractivity contribution in [2.75, 3.05) is 18.4 Å². The van der Waals surface area contributed by atoms with Crippen molar-refractivity contribution in [3.63, 3.8) is 0 Å². The van der Waals surface area contributed by atoms with E-state index in [0.717, 1.165) is 36.9 Å². The number of benzene rings is 1. The quantitative estimate of drug-likeness (QED) is 0.580. The van der Waals surface area contributed by atoms with Crippen LogP contribution >= 0.6 is 0 Å². The third-order valence-electron chi connectivity index (χ3n) is 4.76. The molecule has 1 atom stereocenters. The van der Waals surface area contributed by atoms with Crippen molar-refractivity contribution in [3.05, 3.63) is 29.8 Å². The Labute approximate surface area is 162 Å². The first kappa shape index (κ1) is 21.5. The molecule has 1 unspecified atom stereocenters. The minimum Gasteiger partial charge on any atom is -0.444 e. The molecule has 0 saturated heterocycles. The van der Waals surface area contributed by atoms with Crippen LogP contribution in [0.15, 0.2) is 24.3 Å². The summed E-state index contributed by atoms with van der Waals surface area (Å²) in [6, 6.07) is 7.57. The monoisotopic (exact) mass is 378 g/mol. The van der Waals surface area contributed by atoms with Gasteiger partial charge in [-0.1, -0.05) is 31.4 Å². The SMILES string of the molecule is CC(C)(C)OC(=O)NCCC(O)c1cccc(NCC2(O)CCCCC2)c1. The number of carbonyl (C=O) groups is 1. The fourth-order valence-corrected chi connectivity index (χ4v) is 3.30. The predicted molar refractivity (Wildman–Crippen MR) is 107 cm³/mol. The van der Waals surface area contributed by atoms with Gasteiger partial charge in [-0.2, -0.15) is 0 Å². The van der Waals surface area contributed by atoms with Crippen molar-refractivity contribution < 1.29 is 19.7 Å². The fourth-order valence-electron chi connectivity index (χ4n) is 3.30. The topological polar surface area (TPSA) is 90.8 Å². The lowest BCUT2D eigenvalue weighted by Crippen LogP contribution is -2.38. The van der Waals surface area contributed by atoms with Crippen LogP contribution in [-0.2, 0) is 4.74 Å². The Hall–Kier alpha value is -1.79. The average Bonchev–Trinajstić information content (AvgIpc) is 2.59. The van der Waals surface area contributed by atoms with Gasteiger partial charge in [0, 0.05) is 18.8 Å². The molecule has 1 aliphatic rings. The van der Waals surface area contributed by atoms with Crippen LogP contribution in [-0.4, -0.2) is 40.6 Å². The second kappa shape index (κ2) is 9.42. The second-order valence-corrected chi connectivity index (χ2v) is 8.50. The summed E-state index contributed by atoms with van der Waals surface area (Å²) in [6.07, 6.45) is 4.24. The van der Waals surface area contributed by atoms with Gasteiger partial charge in [0.25, 0.3) is 0 Å². The van der Waals surface area contributed by atoms with Crippen molar-refractivity contribution in [1.82, 2.24) is 5.32 Å². The molecular weight excluding hydrogens is 344 g/mol. The van der Waals surface area contributed by atoms with E-state index in [4.69, 9.17) is 4.74 Å². The first-order valence-corrected chi connectivity index (χ1v) is 9.88. The van der Waals surface area contributed by atoms with Crippen molar-refractivity contribution in [1.29, 1.82) is 0 Å². The second-order valence-electron chi connectivity index (χ2n) is 8.50. The van der Waals surface area contributed by atoms with Crippen LogP contribution in [0.25, 0.3) is 0 Å². The number of aliphatic hydroxyl groups excluding tert-OH is 1. The summed E-state index contributed by atoms with van der Waals surface area (Å²) in [7, 11) is 0. The van der Waals surface area contributed by atoms with Crippen LogP contribution in [0.3, 0.4) is 0 Å². The molecule has 1 fully saturated rings. The van der Waals surface area contributed by atoms with Gasteiger partial charge in [0.1, 0.15) is 5.60 Å². The number of alkyl carbamates (subject to hydrolysis) is 1. The Morgan fingerprint density at radius 3 is 2.63 bits per heavy atom. The lowest BCUT2D eigenvalue weighted by molar-refractivity contribution is 0.0167. The largest absolute Gasteiger partial charge is 0.444 e. The zero-order valence-electron chi connectivity index (χ0n) is 16.8. The van der Waals surface area contributed by atoms with E-state index in [9.17, 15) is 15.0 Å². The van der Waals surface area contributed by atoms with Gasteiger partial charge in [0.2, 0.25) is 0 Å². The number of nitrogens with one attached hydrogen (secondary N) is 2. The number of hydrogen-bond donors (Lipinski definition) is 4. The van der Waals surface area contributed by atoms with E-state index in [2.05, 4.69) is 10.6 Å². The van der Waals surface area contributed by atoms with Crippen LogP contribution in [0.4, 0.5) is 10.5 Å². The maximum Gasteiger partial charge on any atom is 0.407 e. The predicted octanol–water partition coefficient (Wildman–Crippen LogP) is 3.74. The average molecular weight is 379 g/mol. The summed E-state index contributed by atoms with van der Waals surface area (Å²) >= 11 is 0. The van der Waals surface area contributed by atoms with Gasteiger partial charge in [0.15, 0.2) is 0 Å². The van der Waals surface area contributed by atoms with Gasteiger partial charge in [-0.3, -0.25) is 0 Å². The van der Waals surface area contributed by atoms with Crippen LogP contribution < -0.4 is 10.6 Å². The summed E-state index contributed by atoms with van der Waals surface area (Å²) in [6.45, 7) is 6.28. The molecular formula is C21H34N2O4. The van der Waals surface area contributed by atoms with Gasteiger partial charge in [-0.25, -0.2) is 4.79 Å². The van der Waals surface area contributed by atoms with Gasteiger partial charge in [-0.05, 0) is 57.7 Å². The van der Waals surface area contributed by atoms with E-state index in [1.54, 1.807) is 0 Å². The number of hydrogen-bond acceptors (Lipinski definition) is 5. The van der Waals surface area contributed by atoms with Crippen molar-refractivity contribution in [2.45, 2.75) is 76.6 Å². The Morgan fingerprint density at radius 2 is 1.96 bits per heavy atom. The molecule has 2 rings (SSSR count). The minimum atomic E-state index is -0.681. The minimum absolute atomic E-state index is 0.327. The van der Waals surface area contributed by atoms with Gasteiger partial charge in [0.05, 0.1) is 11.7 Å². The number of amides is 1. The first-order chi connectivity index (χ1) is 12.7. The van der Waals surface area contributed by atoms with Crippen LogP contribution in [0.2, 0.25) is 0 Å². The highest BCUT2D eigenvalue weighted by Gasteiger charge is 2.28. The standard InChI is InChI=1S/C21H34N2O4/c1-20(2,3)27-19(25)22-13-10-18(24)16-8-7-9-17(14-16)23-15-21(26)11-5-4-6-12-21/h7-9,14,18,23-24,26H,4-6,10-13,15H2,1-3H3,(H,22,25). The van der Waals surface area contributed by atoms with E-state index in [1.165, 1.54) is 6.42 Å². The number of rotatable bonds is 7. The summed E-state index contributed by atoms with van der Waals surface area (Å²) in [5.41, 5.74) is 0.488. The van der Waals surface area contributed by atoms with Crippen molar-refractivity contribution in [2.24, 2.45) is 0 Å². The number of ether oxygens (including phenoxy) is 1. The lowest BCUT2D eigenvalue weighted by atomic mass is 9.85. The maximum absolute atomic E-state index is 11.6. The van der Waals surface area contributed by atoms with E-state index in [0.29, 0.717) is 19.5 Å². The highest BCUT2D eigenvalue weighted by molar-refractivity contribution is 5.67.